The Morgan fingerprint density at radius 2 is 1.69 bits per heavy atom. The lowest BCUT2D eigenvalue weighted by atomic mass is 9.73. The van der Waals surface area contributed by atoms with Gasteiger partial charge in [0.15, 0.2) is 0 Å². The highest BCUT2D eigenvalue weighted by Crippen LogP contribution is 2.44. The predicted molar refractivity (Wildman–Crippen MR) is 169 cm³/mol. The first-order chi connectivity index (χ1) is 19.2. The summed E-state index contributed by atoms with van der Waals surface area (Å²) in [6.07, 6.45) is 25.1. The molecule has 2 aromatic heterocycles. The molecule has 2 heterocycles. The van der Waals surface area contributed by atoms with E-state index in [1.165, 1.54) is 59.0 Å². The molecule has 0 amide bonds. The third-order valence-corrected chi connectivity index (χ3v) is 10.3. The molecule has 2 unspecified atom stereocenters. The number of rotatable bonds is 3. The monoisotopic (exact) mass is 521 g/mol. The van der Waals surface area contributed by atoms with E-state index in [0.29, 0.717) is 6.04 Å². The molecule has 0 N–H and O–H groups in total. The van der Waals surface area contributed by atoms with Gasteiger partial charge >= 0.3 is 0 Å². The number of nitrogens with zero attached hydrogens (tertiary/aromatic N) is 1. The summed E-state index contributed by atoms with van der Waals surface area (Å²) >= 11 is 1.93. The van der Waals surface area contributed by atoms with Crippen LogP contribution >= 0.6 is 11.3 Å². The van der Waals surface area contributed by atoms with Crippen molar-refractivity contribution < 1.29 is 0 Å². The van der Waals surface area contributed by atoms with E-state index in [-0.39, 0.29) is 5.41 Å². The molecule has 0 saturated carbocycles. The van der Waals surface area contributed by atoms with E-state index in [0.717, 1.165) is 25.7 Å². The second kappa shape index (κ2) is 8.83. The Bertz CT molecular complexity index is 1930. The quantitative estimate of drug-likeness (QED) is 0.222. The summed E-state index contributed by atoms with van der Waals surface area (Å²) in [5.74, 6) is 0. The smallest absolute Gasteiger partial charge is 0.0563 e. The third kappa shape index (κ3) is 3.66. The molecule has 39 heavy (non-hydrogen) atoms. The van der Waals surface area contributed by atoms with E-state index in [1.807, 2.05) is 11.3 Å². The molecule has 0 fully saturated rings. The largest absolute Gasteiger partial charge is 0.333 e. The average Bonchev–Trinajstić information content (AvgIpc) is 3.52. The minimum atomic E-state index is 0.0962. The maximum atomic E-state index is 2.58. The Morgan fingerprint density at radius 1 is 0.846 bits per heavy atom. The highest BCUT2D eigenvalue weighted by atomic mass is 32.1. The number of fused-ring (bicyclic) bond motifs is 6. The Balaban J connectivity index is 1.24. The van der Waals surface area contributed by atoms with Crippen LogP contribution in [0.15, 0.2) is 115 Å². The van der Waals surface area contributed by atoms with Crippen molar-refractivity contribution in [3.63, 3.8) is 0 Å². The summed E-state index contributed by atoms with van der Waals surface area (Å²) in [7, 11) is 0. The number of aryl methyl sites for hydroxylation is 1. The number of thiophene rings is 1. The van der Waals surface area contributed by atoms with Crippen molar-refractivity contribution in [2.24, 2.45) is 5.41 Å². The maximum absolute atomic E-state index is 2.58. The molecule has 8 rings (SSSR count). The average molecular weight is 522 g/mol. The van der Waals surface area contributed by atoms with Crippen LogP contribution in [0.25, 0.3) is 49.1 Å². The molecule has 190 valence electrons. The first-order valence-corrected chi connectivity index (χ1v) is 15.0. The Labute approximate surface area is 233 Å². The second-order valence-corrected chi connectivity index (χ2v) is 12.6. The standard InChI is InChI=1S/C37H31NS/c1-37(20-7-2-8-21-37)27-10-9-11-28(24-27)38-33-14-5-3-12-29(33)31-22-25(16-18-34(31)38)26-17-19-36-32(23-26)30-13-4-6-15-35(30)39-36/h2-3,5-12,14-20,22-23,28H,4,13,21,24H2,1H3. The molecule has 0 bridgehead atoms. The van der Waals surface area contributed by atoms with Crippen LogP contribution in [-0.4, -0.2) is 4.57 Å². The van der Waals surface area contributed by atoms with E-state index in [4.69, 9.17) is 0 Å². The summed E-state index contributed by atoms with van der Waals surface area (Å²) in [5, 5.41) is 4.12. The molecular formula is C37H31NS. The number of para-hydroxylation sites is 1. The summed E-state index contributed by atoms with van der Waals surface area (Å²) in [5.41, 5.74) is 8.38. The molecule has 2 heteroatoms. The number of hydrogen-bond acceptors (Lipinski definition) is 1. The van der Waals surface area contributed by atoms with Gasteiger partial charge in [0, 0.05) is 36.8 Å². The van der Waals surface area contributed by atoms with Crippen molar-refractivity contribution in [1.29, 1.82) is 0 Å². The molecule has 0 spiro atoms. The third-order valence-electron chi connectivity index (χ3n) is 9.07. The van der Waals surface area contributed by atoms with Crippen LogP contribution in [0.3, 0.4) is 0 Å². The number of benzene rings is 3. The fourth-order valence-electron chi connectivity index (χ4n) is 6.93. The highest BCUT2D eigenvalue weighted by molar-refractivity contribution is 7.20. The minimum Gasteiger partial charge on any atom is -0.333 e. The van der Waals surface area contributed by atoms with Crippen molar-refractivity contribution in [3.8, 4) is 11.1 Å². The number of hydrogen-bond donors (Lipinski definition) is 0. The first kappa shape index (κ1) is 23.0. The molecule has 1 nitrogen and oxygen atoms in total. The van der Waals surface area contributed by atoms with Crippen LogP contribution in [-0.2, 0) is 6.42 Å². The van der Waals surface area contributed by atoms with Gasteiger partial charge in [0.2, 0.25) is 0 Å². The fraction of sp³-hybridized carbons (Fsp3) is 0.189. The first-order valence-electron chi connectivity index (χ1n) is 14.2. The van der Waals surface area contributed by atoms with Gasteiger partial charge in [-0.15, -0.1) is 11.3 Å². The van der Waals surface area contributed by atoms with Gasteiger partial charge in [-0.3, -0.25) is 0 Å². The van der Waals surface area contributed by atoms with Gasteiger partial charge in [-0.25, -0.2) is 0 Å². The van der Waals surface area contributed by atoms with Crippen LogP contribution in [0.4, 0.5) is 0 Å². The molecule has 5 aromatic rings. The Kier molecular flexibility index (Phi) is 5.22. The van der Waals surface area contributed by atoms with Crippen molar-refractivity contribution in [1.82, 2.24) is 4.57 Å². The van der Waals surface area contributed by atoms with Gasteiger partial charge < -0.3 is 4.57 Å². The van der Waals surface area contributed by atoms with Crippen molar-refractivity contribution >= 4 is 49.3 Å². The number of aromatic nitrogens is 1. The summed E-state index contributed by atoms with van der Waals surface area (Å²) in [6.45, 7) is 2.38. The molecule has 0 saturated heterocycles. The van der Waals surface area contributed by atoms with Crippen LogP contribution in [0.1, 0.15) is 42.7 Å². The van der Waals surface area contributed by atoms with E-state index < -0.39 is 0 Å². The zero-order valence-corrected chi connectivity index (χ0v) is 23.0. The van der Waals surface area contributed by atoms with E-state index >= 15 is 0 Å². The normalized spacial score (nSPS) is 22.2. The van der Waals surface area contributed by atoms with Gasteiger partial charge in [0.25, 0.3) is 0 Å². The minimum absolute atomic E-state index is 0.0962. The Morgan fingerprint density at radius 3 is 2.59 bits per heavy atom. The van der Waals surface area contributed by atoms with Crippen molar-refractivity contribution in [2.45, 2.75) is 38.6 Å². The van der Waals surface area contributed by atoms with E-state index in [9.17, 15) is 0 Å². The van der Waals surface area contributed by atoms with Crippen molar-refractivity contribution in [3.05, 3.63) is 125 Å². The van der Waals surface area contributed by atoms with Gasteiger partial charge in [0.1, 0.15) is 0 Å². The second-order valence-electron chi connectivity index (χ2n) is 11.5. The molecule has 0 aliphatic heterocycles. The molecule has 3 aliphatic carbocycles. The van der Waals surface area contributed by atoms with Crippen LogP contribution in [0.5, 0.6) is 0 Å². The van der Waals surface area contributed by atoms with Gasteiger partial charge in [-0.2, -0.15) is 0 Å². The van der Waals surface area contributed by atoms with Crippen LogP contribution in [0, 0.1) is 5.41 Å². The van der Waals surface area contributed by atoms with Gasteiger partial charge in [-0.05, 0) is 84.2 Å². The lowest BCUT2D eigenvalue weighted by molar-refractivity contribution is 0.465. The molecular weight excluding hydrogens is 490 g/mol. The summed E-state index contributed by atoms with van der Waals surface area (Å²) in [6, 6.07) is 23.4. The van der Waals surface area contributed by atoms with Crippen LogP contribution in [0.2, 0.25) is 0 Å². The van der Waals surface area contributed by atoms with Crippen LogP contribution < -0.4 is 0 Å². The number of allylic oxidation sites excluding steroid dienone is 9. The topological polar surface area (TPSA) is 4.93 Å². The lowest BCUT2D eigenvalue weighted by Crippen LogP contribution is -2.21. The zero-order valence-electron chi connectivity index (χ0n) is 22.2. The summed E-state index contributed by atoms with van der Waals surface area (Å²) in [4.78, 5) is 1.44. The lowest BCUT2D eigenvalue weighted by Gasteiger charge is -2.34. The van der Waals surface area contributed by atoms with Gasteiger partial charge in [0.05, 0.1) is 6.04 Å². The summed E-state index contributed by atoms with van der Waals surface area (Å²) < 4.78 is 3.98. The zero-order chi connectivity index (χ0) is 26.0. The van der Waals surface area contributed by atoms with Crippen molar-refractivity contribution in [2.75, 3.05) is 0 Å². The predicted octanol–water partition coefficient (Wildman–Crippen LogP) is 10.6. The maximum Gasteiger partial charge on any atom is 0.0563 e. The molecule has 0 radical (unpaired) electrons. The Hall–Kier alpha value is -3.88. The van der Waals surface area contributed by atoms with E-state index in [1.54, 1.807) is 0 Å². The highest BCUT2D eigenvalue weighted by Gasteiger charge is 2.30. The SMILES string of the molecule is CC1(C2=CC=CC(n3c4ccccc4c4cc(-c5ccc6sc7c(c6c5)CCC=C7)ccc43)C2)C=CC=CC1. The molecule has 2 atom stereocenters. The van der Waals surface area contributed by atoms with Gasteiger partial charge in [-0.1, -0.05) is 91.4 Å². The fourth-order valence-corrected chi connectivity index (χ4v) is 8.09. The molecule has 3 aliphatic rings. The van der Waals surface area contributed by atoms with E-state index in [2.05, 4.69) is 127 Å². The molecule has 3 aromatic carbocycles.